The number of carbonyl (C=O) groups is 1. The van der Waals surface area contributed by atoms with Gasteiger partial charge >= 0.3 is 0 Å². The molecule has 1 aliphatic carbocycles. The first kappa shape index (κ1) is 37.9. The Morgan fingerprint density at radius 1 is 0.717 bits per heavy atom. The number of amides is 1. The summed E-state index contributed by atoms with van der Waals surface area (Å²) in [5.41, 5.74) is 2.13. The van der Waals surface area contributed by atoms with Gasteiger partial charge in [-0.05, 0) is 77.1 Å². The van der Waals surface area contributed by atoms with Crippen LogP contribution in [0, 0.1) is 29.1 Å². The largest absolute Gasteiger partial charge is 0.307 e. The molecule has 1 fully saturated rings. The molecular formula is C38H34F5N3O5S2. The van der Waals surface area contributed by atoms with Crippen molar-refractivity contribution in [3.63, 3.8) is 0 Å². The van der Waals surface area contributed by atoms with Crippen molar-refractivity contribution in [1.29, 1.82) is 0 Å². The fourth-order valence-corrected chi connectivity index (χ4v) is 8.74. The van der Waals surface area contributed by atoms with E-state index in [0.717, 1.165) is 49.1 Å². The normalized spacial score (nSPS) is 14.1. The van der Waals surface area contributed by atoms with Gasteiger partial charge in [-0.15, -0.1) is 0 Å². The van der Waals surface area contributed by atoms with Crippen molar-refractivity contribution in [2.75, 3.05) is 23.2 Å². The number of anilines is 2. The van der Waals surface area contributed by atoms with E-state index in [0.29, 0.717) is 11.5 Å². The van der Waals surface area contributed by atoms with E-state index in [1.807, 2.05) is 36.4 Å². The van der Waals surface area contributed by atoms with Gasteiger partial charge in [-0.25, -0.2) is 38.8 Å². The van der Waals surface area contributed by atoms with E-state index in [1.165, 1.54) is 47.7 Å². The maximum absolute atomic E-state index is 14.5. The van der Waals surface area contributed by atoms with Crippen LogP contribution in [0.3, 0.4) is 0 Å². The molecule has 8 nitrogen and oxygen atoms in total. The predicted molar refractivity (Wildman–Crippen MR) is 191 cm³/mol. The summed E-state index contributed by atoms with van der Waals surface area (Å²) in [7, 11) is -8.68. The molecule has 0 unspecified atom stereocenters. The van der Waals surface area contributed by atoms with Crippen LogP contribution in [0.1, 0.15) is 49.1 Å². The third kappa shape index (κ3) is 7.92. The fourth-order valence-electron chi connectivity index (χ4n) is 6.42. The van der Waals surface area contributed by atoms with Gasteiger partial charge in [-0.1, -0.05) is 73.9 Å². The highest BCUT2D eigenvalue weighted by Gasteiger charge is 2.37. The number of nitrogens with one attached hydrogen (secondary N) is 1. The summed E-state index contributed by atoms with van der Waals surface area (Å²) in [5.74, 6) is -13.0. The number of rotatable bonds is 11. The van der Waals surface area contributed by atoms with Crippen molar-refractivity contribution in [1.82, 2.24) is 4.31 Å². The Kier molecular flexibility index (Phi) is 10.9. The summed E-state index contributed by atoms with van der Waals surface area (Å²) in [5, 5.41) is 1.58. The molecule has 1 aliphatic rings. The van der Waals surface area contributed by atoms with Gasteiger partial charge in [0.05, 0.1) is 18.0 Å². The third-order valence-corrected chi connectivity index (χ3v) is 12.6. The molecular weight excluding hydrogens is 738 g/mol. The zero-order valence-electron chi connectivity index (χ0n) is 28.3. The van der Waals surface area contributed by atoms with Crippen LogP contribution in [-0.2, 0) is 31.4 Å². The number of nitrogens with zero attached hydrogens (tertiary/aromatic N) is 2. The molecule has 278 valence electrons. The first-order chi connectivity index (χ1) is 25.2. The second-order valence-corrected chi connectivity index (χ2v) is 16.5. The molecule has 0 aromatic heterocycles. The van der Waals surface area contributed by atoms with Crippen molar-refractivity contribution in [3.05, 3.63) is 131 Å². The van der Waals surface area contributed by atoms with Gasteiger partial charge in [-0.2, -0.15) is 4.31 Å². The molecule has 15 heteroatoms. The van der Waals surface area contributed by atoms with Crippen molar-refractivity contribution >= 4 is 48.1 Å². The monoisotopic (exact) mass is 771 g/mol. The molecule has 1 saturated carbocycles. The molecule has 0 aliphatic heterocycles. The molecule has 5 aromatic carbocycles. The van der Waals surface area contributed by atoms with Gasteiger partial charge < -0.3 is 4.90 Å². The second kappa shape index (κ2) is 15.2. The van der Waals surface area contributed by atoms with E-state index in [1.54, 1.807) is 18.2 Å². The van der Waals surface area contributed by atoms with E-state index >= 15 is 0 Å². The first-order valence-electron chi connectivity index (χ1n) is 16.7. The minimum absolute atomic E-state index is 0.0202. The van der Waals surface area contributed by atoms with Crippen LogP contribution in [0.25, 0.3) is 10.8 Å². The number of fused-ring (bicyclic) bond motifs is 1. The molecule has 0 spiro atoms. The summed E-state index contributed by atoms with van der Waals surface area (Å²) in [6.07, 6.45) is 5.56. The molecule has 1 amide bonds. The number of carbonyl (C=O) groups excluding carboxylic acids is 1. The number of halogens is 5. The average molecular weight is 772 g/mol. The number of hydrogen-bond acceptors (Lipinski definition) is 5. The third-order valence-electron chi connectivity index (χ3n) is 9.36. The maximum Gasteiger partial charge on any atom is 0.261 e. The minimum Gasteiger partial charge on any atom is -0.307 e. The van der Waals surface area contributed by atoms with E-state index in [2.05, 4.69) is 4.72 Å². The van der Waals surface area contributed by atoms with Crippen LogP contribution in [0.5, 0.6) is 0 Å². The molecule has 0 saturated heterocycles. The Hall–Kier alpha value is -4.86. The molecule has 0 heterocycles. The van der Waals surface area contributed by atoms with Crippen molar-refractivity contribution in [3.8, 4) is 0 Å². The lowest BCUT2D eigenvalue weighted by Gasteiger charge is -2.27. The molecule has 1 N–H and O–H groups in total. The predicted octanol–water partition coefficient (Wildman–Crippen LogP) is 8.24. The highest BCUT2D eigenvalue weighted by molar-refractivity contribution is 7.92. The first-order valence-corrected chi connectivity index (χ1v) is 19.6. The lowest BCUT2D eigenvalue weighted by Crippen LogP contribution is -2.41. The van der Waals surface area contributed by atoms with Crippen LogP contribution in [-0.4, -0.2) is 40.6 Å². The highest BCUT2D eigenvalue weighted by atomic mass is 32.2. The Morgan fingerprint density at radius 3 is 1.92 bits per heavy atom. The Morgan fingerprint density at radius 2 is 1.30 bits per heavy atom. The van der Waals surface area contributed by atoms with E-state index in [4.69, 9.17) is 0 Å². The summed E-state index contributed by atoms with van der Waals surface area (Å²) in [4.78, 5) is 12.9. The Labute approximate surface area is 304 Å². The van der Waals surface area contributed by atoms with E-state index in [9.17, 15) is 43.6 Å². The minimum atomic E-state index is -5.42. The highest BCUT2D eigenvalue weighted by Crippen LogP contribution is 2.33. The zero-order chi connectivity index (χ0) is 38.1. The van der Waals surface area contributed by atoms with Crippen molar-refractivity contribution in [2.24, 2.45) is 0 Å². The SMILES string of the molecule is CN(CC(=O)N(Cc1ccc(C2CCCCC2)cc1)c1ccc(NS(=O)(=O)c2ccc3ccccc3c2)cc1)S(=O)(=O)c1c(F)c(F)c(F)c(F)c1F. The second-order valence-electron chi connectivity index (χ2n) is 12.9. The van der Waals surface area contributed by atoms with Gasteiger partial charge in [0, 0.05) is 18.4 Å². The maximum atomic E-state index is 14.5. The lowest BCUT2D eigenvalue weighted by atomic mass is 9.84. The Balaban J connectivity index is 1.27. The summed E-state index contributed by atoms with van der Waals surface area (Å²) in [6, 6.07) is 25.1. The van der Waals surface area contributed by atoms with Crippen LogP contribution < -0.4 is 9.62 Å². The molecule has 6 rings (SSSR count). The van der Waals surface area contributed by atoms with Gasteiger partial charge in [0.15, 0.2) is 28.2 Å². The summed E-state index contributed by atoms with van der Waals surface area (Å²) < 4.78 is 126. The van der Waals surface area contributed by atoms with Gasteiger partial charge in [0.2, 0.25) is 21.7 Å². The average Bonchev–Trinajstić information content (AvgIpc) is 3.16. The van der Waals surface area contributed by atoms with Crippen LogP contribution in [0.4, 0.5) is 33.3 Å². The Bertz CT molecular complexity index is 2360. The smallest absolute Gasteiger partial charge is 0.261 e. The molecule has 0 atom stereocenters. The zero-order valence-corrected chi connectivity index (χ0v) is 30.0. The fraction of sp³-hybridized carbons (Fsp3) is 0.237. The van der Waals surface area contributed by atoms with E-state index in [-0.39, 0.29) is 27.1 Å². The quantitative estimate of drug-likeness (QED) is 0.0828. The van der Waals surface area contributed by atoms with Crippen LogP contribution in [0.2, 0.25) is 0 Å². The standard InChI is InChI=1S/C38H34F5N3O5S2/c1-45(53(50,51)38-36(42)34(40)33(39)35(41)37(38)43)23-32(47)46(22-24-11-13-27(14-12-24)25-7-3-2-4-8-25)30-18-16-29(17-19-30)44-52(48,49)31-20-15-26-9-5-6-10-28(26)21-31/h5-6,9-21,25,44H,2-4,7-8,22-23H2,1H3. The van der Waals surface area contributed by atoms with E-state index < -0.39 is 66.5 Å². The molecule has 53 heavy (non-hydrogen) atoms. The number of hydrogen-bond donors (Lipinski definition) is 1. The molecule has 0 bridgehead atoms. The number of likely N-dealkylation sites (N-methyl/N-ethyl adjacent to an activating group) is 1. The summed E-state index contributed by atoms with van der Waals surface area (Å²) >= 11 is 0. The van der Waals surface area contributed by atoms with Gasteiger partial charge in [0.25, 0.3) is 10.0 Å². The van der Waals surface area contributed by atoms with Crippen LogP contribution >= 0.6 is 0 Å². The topological polar surface area (TPSA) is 104 Å². The van der Waals surface area contributed by atoms with Crippen molar-refractivity contribution < 1.29 is 43.6 Å². The number of sulfonamides is 2. The van der Waals surface area contributed by atoms with Crippen LogP contribution in [0.15, 0.2) is 101 Å². The number of benzene rings is 5. The van der Waals surface area contributed by atoms with Gasteiger partial charge in [-0.3, -0.25) is 9.52 Å². The molecule has 5 aromatic rings. The van der Waals surface area contributed by atoms with Crippen molar-refractivity contribution in [2.45, 2.75) is 54.4 Å². The summed E-state index contributed by atoms with van der Waals surface area (Å²) in [6.45, 7) is -1.17. The molecule has 0 radical (unpaired) electrons. The van der Waals surface area contributed by atoms with Gasteiger partial charge in [0.1, 0.15) is 0 Å². The lowest BCUT2D eigenvalue weighted by molar-refractivity contribution is -0.118.